The molecule has 0 aliphatic carbocycles. The molecule has 1 amide bonds. The molecule has 1 aliphatic rings. The lowest BCUT2D eigenvalue weighted by Crippen LogP contribution is -2.40. The van der Waals surface area contributed by atoms with Crippen LogP contribution in [0, 0.1) is 6.92 Å². The molecule has 3 rings (SSSR count). The van der Waals surface area contributed by atoms with Crippen LogP contribution in [0.1, 0.15) is 28.2 Å². The topological polar surface area (TPSA) is 45.2 Å². The normalized spacial score (nSPS) is 16.4. The van der Waals surface area contributed by atoms with Gasteiger partial charge in [-0.05, 0) is 26.8 Å². The van der Waals surface area contributed by atoms with E-state index in [1.165, 1.54) is 11.3 Å². The maximum atomic E-state index is 12.9. The Morgan fingerprint density at radius 3 is 2.71 bits per heavy atom. The number of carbonyl (C=O) groups excluding carboxylic acids is 1. The second-order valence-corrected chi connectivity index (χ2v) is 6.65. The fraction of sp³-hybridized carbons (Fsp3) is 0.412. The Morgan fingerprint density at radius 2 is 2.04 bits per heavy atom. The highest BCUT2D eigenvalue weighted by molar-refractivity contribution is 7.17. The van der Waals surface area contributed by atoms with Gasteiger partial charge in [-0.25, -0.2) is 4.98 Å². The molecule has 0 bridgehead atoms. The fourth-order valence-electron chi connectivity index (χ4n) is 2.98. The number of halogens is 2. The van der Waals surface area contributed by atoms with E-state index in [0.717, 1.165) is 47.1 Å². The van der Waals surface area contributed by atoms with Crippen LogP contribution in [0.3, 0.4) is 0 Å². The fourth-order valence-corrected chi connectivity index (χ4v) is 4.01. The van der Waals surface area contributed by atoms with Crippen molar-refractivity contribution in [3.05, 3.63) is 40.9 Å². The molecule has 24 heavy (non-hydrogen) atoms. The molecule has 1 N–H and O–H groups in total. The molecule has 0 radical (unpaired) electrons. The van der Waals surface area contributed by atoms with E-state index in [1.807, 2.05) is 49.2 Å². The minimum absolute atomic E-state index is 0. The summed E-state index contributed by atoms with van der Waals surface area (Å²) in [5, 5.41) is 4.11. The highest BCUT2D eigenvalue weighted by Crippen LogP contribution is 2.30. The predicted molar refractivity (Wildman–Crippen MR) is 105 cm³/mol. The van der Waals surface area contributed by atoms with E-state index >= 15 is 0 Å². The number of nitrogens with zero attached hydrogens (tertiary/aromatic N) is 2. The maximum absolute atomic E-state index is 12.9. The van der Waals surface area contributed by atoms with E-state index in [4.69, 9.17) is 0 Å². The minimum atomic E-state index is 0. The number of likely N-dealkylation sites (N-methyl/N-ethyl adjacent to an activating group) is 1. The van der Waals surface area contributed by atoms with Gasteiger partial charge in [-0.1, -0.05) is 30.3 Å². The van der Waals surface area contributed by atoms with E-state index in [-0.39, 0.29) is 30.7 Å². The molecule has 1 unspecified atom stereocenters. The molecule has 1 aromatic heterocycles. The minimum Gasteiger partial charge on any atom is -0.334 e. The van der Waals surface area contributed by atoms with Crippen molar-refractivity contribution in [2.45, 2.75) is 25.8 Å². The molecule has 2 heterocycles. The van der Waals surface area contributed by atoms with Gasteiger partial charge in [0.25, 0.3) is 5.91 Å². The van der Waals surface area contributed by atoms with E-state index < -0.39 is 0 Å². The zero-order valence-electron chi connectivity index (χ0n) is 13.8. The first-order chi connectivity index (χ1) is 10.7. The average Bonchev–Trinajstić information content (AvgIpc) is 3.15. The number of thiazole rings is 1. The van der Waals surface area contributed by atoms with Gasteiger partial charge >= 0.3 is 0 Å². The van der Waals surface area contributed by atoms with Crippen LogP contribution in [-0.4, -0.2) is 42.0 Å². The molecule has 4 nitrogen and oxygen atoms in total. The monoisotopic (exact) mass is 387 g/mol. The zero-order chi connectivity index (χ0) is 15.5. The van der Waals surface area contributed by atoms with Gasteiger partial charge in [0.1, 0.15) is 9.88 Å². The maximum Gasteiger partial charge on any atom is 0.266 e. The summed E-state index contributed by atoms with van der Waals surface area (Å²) in [6, 6.07) is 10.4. The molecule has 0 spiro atoms. The quantitative estimate of drug-likeness (QED) is 0.867. The molecule has 1 atom stereocenters. The summed E-state index contributed by atoms with van der Waals surface area (Å²) in [5.74, 6) is 0.134. The number of amides is 1. The van der Waals surface area contributed by atoms with Crippen molar-refractivity contribution in [1.29, 1.82) is 0 Å². The number of hydrogen-bond acceptors (Lipinski definition) is 4. The van der Waals surface area contributed by atoms with Crippen molar-refractivity contribution in [3.8, 4) is 10.6 Å². The summed E-state index contributed by atoms with van der Waals surface area (Å²) in [6.45, 7) is 3.64. The molecule has 0 saturated carbocycles. The number of nitrogens with one attached hydrogen (secondary N) is 1. The Bertz CT molecular complexity index is 663. The standard InChI is InChI=1S/C17H21N3OS.2ClH/c1-12-15(17(21)20-10-6-9-14(20)11-18-2)22-16(19-12)13-7-4-3-5-8-13;;/h3-5,7-8,14,18H,6,9-11H2,1-2H3;2*1H. The number of carbonyl (C=O) groups is 1. The van der Waals surface area contributed by atoms with Gasteiger partial charge in [0, 0.05) is 24.7 Å². The molecule has 7 heteroatoms. The lowest BCUT2D eigenvalue weighted by atomic mass is 10.2. The van der Waals surface area contributed by atoms with Crippen molar-refractivity contribution < 1.29 is 4.79 Å². The van der Waals surface area contributed by atoms with Crippen LogP contribution in [0.15, 0.2) is 30.3 Å². The van der Waals surface area contributed by atoms with Crippen molar-refractivity contribution in [3.63, 3.8) is 0 Å². The lowest BCUT2D eigenvalue weighted by Gasteiger charge is -2.24. The SMILES string of the molecule is CNCC1CCCN1C(=O)c1sc(-c2ccccc2)nc1C.Cl.Cl. The summed E-state index contributed by atoms with van der Waals surface area (Å²) in [4.78, 5) is 20.3. The number of aryl methyl sites for hydroxylation is 1. The molecule has 2 aromatic rings. The van der Waals surface area contributed by atoms with Crippen molar-refractivity contribution in [2.24, 2.45) is 0 Å². The Balaban J connectivity index is 0.00000144. The second-order valence-electron chi connectivity index (χ2n) is 5.65. The number of hydrogen-bond donors (Lipinski definition) is 1. The van der Waals surface area contributed by atoms with Gasteiger partial charge in [-0.15, -0.1) is 36.2 Å². The first-order valence-electron chi connectivity index (χ1n) is 7.69. The van der Waals surface area contributed by atoms with Crippen LogP contribution >= 0.6 is 36.2 Å². The summed E-state index contributed by atoms with van der Waals surface area (Å²) in [7, 11) is 1.94. The van der Waals surface area contributed by atoms with E-state index in [2.05, 4.69) is 10.3 Å². The smallest absolute Gasteiger partial charge is 0.266 e. The molecular weight excluding hydrogens is 365 g/mol. The largest absolute Gasteiger partial charge is 0.334 e. The van der Waals surface area contributed by atoms with E-state index in [9.17, 15) is 4.79 Å². The molecule has 1 aliphatic heterocycles. The van der Waals surface area contributed by atoms with Crippen LogP contribution in [0.25, 0.3) is 10.6 Å². The van der Waals surface area contributed by atoms with Crippen LogP contribution in [0.5, 0.6) is 0 Å². The second kappa shape index (κ2) is 9.37. The zero-order valence-corrected chi connectivity index (χ0v) is 16.3. The highest BCUT2D eigenvalue weighted by atomic mass is 35.5. The Morgan fingerprint density at radius 1 is 1.33 bits per heavy atom. The first-order valence-corrected chi connectivity index (χ1v) is 8.50. The molecule has 1 aromatic carbocycles. The number of aromatic nitrogens is 1. The third-order valence-electron chi connectivity index (χ3n) is 4.09. The Labute approximate surface area is 159 Å². The molecule has 132 valence electrons. The summed E-state index contributed by atoms with van der Waals surface area (Å²) < 4.78 is 0. The van der Waals surface area contributed by atoms with Crippen molar-refractivity contribution in [1.82, 2.24) is 15.2 Å². The third kappa shape index (κ3) is 4.28. The average molecular weight is 388 g/mol. The van der Waals surface area contributed by atoms with Gasteiger partial charge in [0.2, 0.25) is 0 Å². The molecule has 1 fully saturated rings. The van der Waals surface area contributed by atoms with Gasteiger partial charge in [-0.2, -0.15) is 0 Å². The number of likely N-dealkylation sites (tertiary alicyclic amines) is 1. The Kier molecular flexibility index (Phi) is 8.16. The van der Waals surface area contributed by atoms with Gasteiger partial charge in [-0.3, -0.25) is 4.79 Å². The summed E-state index contributed by atoms with van der Waals surface area (Å²) >= 11 is 1.50. The van der Waals surface area contributed by atoms with Gasteiger partial charge in [0.05, 0.1) is 5.69 Å². The summed E-state index contributed by atoms with van der Waals surface area (Å²) in [6.07, 6.45) is 2.16. The summed E-state index contributed by atoms with van der Waals surface area (Å²) in [5.41, 5.74) is 1.91. The molecular formula is C17H23Cl2N3OS. The first kappa shape index (κ1) is 20.9. The van der Waals surface area contributed by atoms with Crippen molar-refractivity contribution in [2.75, 3.05) is 20.1 Å². The van der Waals surface area contributed by atoms with Gasteiger partial charge in [0.15, 0.2) is 0 Å². The van der Waals surface area contributed by atoms with Crippen molar-refractivity contribution >= 4 is 42.1 Å². The van der Waals surface area contributed by atoms with Crippen LogP contribution in [0.2, 0.25) is 0 Å². The highest BCUT2D eigenvalue weighted by Gasteiger charge is 2.31. The van der Waals surface area contributed by atoms with Gasteiger partial charge < -0.3 is 10.2 Å². The Hall–Kier alpha value is -1.14. The predicted octanol–water partition coefficient (Wildman–Crippen LogP) is 3.79. The van der Waals surface area contributed by atoms with E-state index in [0.29, 0.717) is 6.04 Å². The van der Waals surface area contributed by atoms with Crippen LogP contribution in [0.4, 0.5) is 0 Å². The number of benzene rings is 1. The number of rotatable bonds is 4. The van der Waals surface area contributed by atoms with Crippen LogP contribution < -0.4 is 5.32 Å². The van der Waals surface area contributed by atoms with E-state index in [1.54, 1.807) is 0 Å². The lowest BCUT2D eigenvalue weighted by molar-refractivity contribution is 0.0741. The van der Waals surface area contributed by atoms with Crippen LogP contribution in [-0.2, 0) is 0 Å². The molecule has 1 saturated heterocycles. The third-order valence-corrected chi connectivity index (χ3v) is 5.28.